The average Bonchev–Trinajstić information content (AvgIpc) is 3.16. The molecule has 0 amide bonds. The Kier molecular flexibility index (Phi) is 4.90. The van der Waals surface area contributed by atoms with Gasteiger partial charge in [0.1, 0.15) is 11.5 Å². The third-order valence-electron chi connectivity index (χ3n) is 4.49. The quantitative estimate of drug-likeness (QED) is 0.822. The summed E-state index contributed by atoms with van der Waals surface area (Å²) in [4.78, 5) is 6.69. The van der Waals surface area contributed by atoms with Gasteiger partial charge in [-0.1, -0.05) is 13.0 Å². The first kappa shape index (κ1) is 15.3. The summed E-state index contributed by atoms with van der Waals surface area (Å²) in [6.07, 6.45) is 7.03. The van der Waals surface area contributed by atoms with Crippen LogP contribution in [0.4, 0.5) is 0 Å². The molecule has 0 radical (unpaired) electrons. The molecular weight excluding hydrogens is 276 g/mol. The minimum Gasteiger partial charge on any atom is -0.465 e. The van der Waals surface area contributed by atoms with E-state index in [2.05, 4.69) is 35.0 Å². The molecule has 2 aromatic rings. The Morgan fingerprint density at radius 1 is 1.32 bits per heavy atom. The van der Waals surface area contributed by atoms with Gasteiger partial charge in [-0.25, -0.2) is 0 Å². The Balaban J connectivity index is 1.71. The van der Waals surface area contributed by atoms with Crippen molar-refractivity contribution in [2.45, 2.75) is 44.9 Å². The molecule has 0 N–H and O–H groups in total. The zero-order valence-corrected chi connectivity index (χ0v) is 13.4. The molecule has 1 saturated heterocycles. The maximum atomic E-state index is 5.87. The van der Waals surface area contributed by atoms with Crippen molar-refractivity contribution < 1.29 is 9.15 Å². The van der Waals surface area contributed by atoms with Gasteiger partial charge in [0, 0.05) is 38.5 Å². The van der Waals surface area contributed by atoms with Crippen LogP contribution in [0.5, 0.6) is 0 Å². The number of aryl methyl sites for hydroxylation is 1. The van der Waals surface area contributed by atoms with Crippen molar-refractivity contribution in [3.63, 3.8) is 0 Å². The molecule has 22 heavy (non-hydrogen) atoms. The Morgan fingerprint density at radius 3 is 2.86 bits per heavy atom. The summed E-state index contributed by atoms with van der Waals surface area (Å²) in [7, 11) is 1.81. The largest absolute Gasteiger partial charge is 0.465 e. The summed E-state index contributed by atoms with van der Waals surface area (Å²) in [5, 5.41) is 0. The Labute approximate surface area is 132 Å². The number of methoxy groups -OCH3 is 1. The summed E-state index contributed by atoms with van der Waals surface area (Å²) < 4.78 is 11.6. The minimum atomic E-state index is 0.279. The standard InChI is InChI=1S/C18H24N2O2/c1-3-15-6-7-16(22-15)13-20-10-8-18(21-2)17(20)11-14-5-4-9-19-12-14/h4-7,9,12,17-18H,3,8,10-11,13H2,1-2H3/t17-,18-/m0/s1. The van der Waals surface area contributed by atoms with Crippen LogP contribution in [0.1, 0.15) is 30.4 Å². The summed E-state index contributed by atoms with van der Waals surface area (Å²) in [5.41, 5.74) is 1.26. The molecule has 0 aliphatic carbocycles. The van der Waals surface area contributed by atoms with Crippen LogP contribution in [0, 0.1) is 0 Å². The van der Waals surface area contributed by atoms with Crippen LogP contribution in [0.15, 0.2) is 41.1 Å². The number of furan rings is 1. The molecule has 0 spiro atoms. The van der Waals surface area contributed by atoms with Crippen molar-refractivity contribution >= 4 is 0 Å². The van der Waals surface area contributed by atoms with Gasteiger partial charge in [0.05, 0.1) is 12.6 Å². The van der Waals surface area contributed by atoms with Crippen LogP contribution in [0.25, 0.3) is 0 Å². The van der Waals surface area contributed by atoms with Gasteiger partial charge in [-0.2, -0.15) is 0 Å². The fourth-order valence-electron chi connectivity index (χ4n) is 3.28. The molecule has 0 saturated carbocycles. The molecule has 0 unspecified atom stereocenters. The van der Waals surface area contributed by atoms with Crippen LogP contribution in [-0.4, -0.2) is 35.7 Å². The molecule has 1 aliphatic heterocycles. The molecule has 3 rings (SSSR count). The molecule has 0 bridgehead atoms. The zero-order chi connectivity index (χ0) is 15.4. The molecule has 2 aromatic heterocycles. The number of nitrogens with zero attached hydrogens (tertiary/aromatic N) is 2. The topological polar surface area (TPSA) is 38.5 Å². The third kappa shape index (κ3) is 3.39. The fourth-order valence-corrected chi connectivity index (χ4v) is 3.28. The fraction of sp³-hybridized carbons (Fsp3) is 0.500. The molecule has 1 fully saturated rings. The second-order valence-corrected chi connectivity index (χ2v) is 5.89. The molecule has 4 nitrogen and oxygen atoms in total. The summed E-state index contributed by atoms with van der Waals surface area (Å²) in [6.45, 7) is 4.01. The highest BCUT2D eigenvalue weighted by molar-refractivity contribution is 5.13. The van der Waals surface area contributed by atoms with Gasteiger partial charge >= 0.3 is 0 Å². The summed E-state index contributed by atoms with van der Waals surface area (Å²) in [5.74, 6) is 2.10. The number of ether oxygens (including phenoxy) is 1. The van der Waals surface area contributed by atoms with Gasteiger partial charge < -0.3 is 9.15 Å². The van der Waals surface area contributed by atoms with Crippen LogP contribution in [-0.2, 0) is 24.1 Å². The van der Waals surface area contributed by atoms with Crippen LogP contribution >= 0.6 is 0 Å². The zero-order valence-electron chi connectivity index (χ0n) is 13.4. The predicted octanol–water partition coefficient (Wildman–Crippen LogP) is 3.07. The van der Waals surface area contributed by atoms with Gasteiger partial charge in [-0.05, 0) is 36.6 Å². The molecule has 4 heteroatoms. The molecule has 0 aromatic carbocycles. The van der Waals surface area contributed by atoms with Crippen molar-refractivity contribution in [3.8, 4) is 0 Å². The highest BCUT2D eigenvalue weighted by Crippen LogP contribution is 2.26. The number of hydrogen-bond acceptors (Lipinski definition) is 4. The maximum Gasteiger partial charge on any atom is 0.118 e. The van der Waals surface area contributed by atoms with E-state index >= 15 is 0 Å². The average molecular weight is 300 g/mol. The molecule has 3 heterocycles. The summed E-state index contributed by atoms with van der Waals surface area (Å²) >= 11 is 0. The number of pyridine rings is 1. The number of likely N-dealkylation sites (tertiary alicyclic amines) is 1. The lowest BCUT2D eigenvalue weighted by atomic mass is 10.0. The Morgan fingerprint density at radius 2 is 2.18 bits per heavy atom. The predicted molar refractivity (Wildman–Crippen MR) is 85.6 cm³/mol. The lowest BCUT2D eigenvalue weighted by Crippen LogP contribution is -2.37. The van der Waals surface area contributed by atoms with Crippen molar-refractivity contribution in [2.24, 2.45) is 0 Å². The van der Waals surface area contributed by atoms with E-state index < -0.39 is 0 Å². The van der Waals surface area contributed by atoms with Gasteiger partial charge in [0.2, 0.25) is 0 Å². The van der Waals surface area contributed by atoms with E-state index in [1.807, 2.05) is 25.6 Å². The smallest absolute Gasteiger partial charge is 0.118 e. The van der Waals surface area contributed by atoms with E-state index in [4.69, 9.17) is 9.15 Å². The van der Waals surface area contributed by atoms with E-state index in [1.54, 1.807) is 0 Å². The second kappa shape index (κ2) is 7.07. The molecule has 2 atom stereocenters. The van der Waals surface area contributed by atoms with Crippen molar-refractivity contribution in [1.29, 1.82) is 0 Å². The van der Waals surface area contributed by atoms with E-state index in [9.17, 15) is 0 Å². The first-order valence-corrected chi connectivity index (χ1v) is 8.03. The summed E-state index contributed by atoms with van der Waals surface area (Å²) in [6, 6.07) is 8.69. The van der Waals surface area contributed by atoms with E-state index in [-0.39, 0.29) is 6.10 Å². The number of rotatable bonds is 6. The van der Waals surface area contributed by atoms with Gasteiger partial charge in [-0.3, -0.25) is 9.88 Å². The molecule has 118 valence electrons. The van der Waals surface area contributed by atoms with Crippen LogP contribution in [0.3, 0.4) is 0 Å². The van der Waals surface area contributed by atoms with Crippen molar-refractivity contribution in [3.05, 3.63) is 53.7 Å². The van der Waals surface area contributed by atoms with E-state index in [0.717, 1.165) is 43.9 Å². The second-order valence-electron chi connectivity index (χ2n) is 5.89. The van der Waals surface area contributed by atoms with Crippen molar-refractivity contribution in [2.75, 3.05) is 13.7 Å². The molecule has 1 aliphatic rings. The Bertz CT molecular complexity index is 582. The number of aromatic nitrogens is 1. The normalized spacial score (nSPS) is 22.3. The monoisotopic (exact) mass is 300 g/mol. The van der Waals surface area contributed by atoms with E-state index in [0.29, 0.717) is 6.04 Å². The lowest BCUT2D eigenvalue weighted by Gasteiger charge is -2.27. The first-order chi connectivity index (χ1) is 10.8. The van der Waals surface area contributed by atoms with Gasteiger partial charge in [0.15, 0.2) is 0 Å². The SMILES string of the molecule is CCc1ccc(CN2CC[C@H](OC)[C@@H]2Cc2cccnc2)o1. The maximum absolute atomic E-state index is 5.87. The number of hydrogen-bond donors (Lipinski definition) is 0. The highest BCUT2D eigenvalue weighted by atomic mass is 16.5. The van der Waals surface area contributed by atoms with Crippen LogP contribution in [0.2, 0.25) is 0 Å². The van der Waals surface area contributed by atoms with Crippen LogP contribution < -0.4 is 0 Å². The highest BCUT2D eigenvalue weighted by Gasteiger charge is 2.34. The molecular formula is C18H24N2O2. The van der Waals surface area contributed by atoms with Gasteiger partial charge in [0.25, 0.3) is 0 Å². The first-order valence-electron chi connectivity index (χ1n) is 8.03. The third-order valence-corrected chi connectivity index (χ3v) is 4.49. The van der Waals surface area contributed by atoms with Gasteiger partial charge in [-0.15, -0.1) is 0 Å². The Hall–Kier alpha value is -1.65. The lowest BCUT2D eigenvalue weighted by molar-refractivity contribution is 0.0620. The minimum absolute atomic E-state index is 0.279. The van der Waals surface area contributed by atoms with E-state index in [1.165, 1.54) is 5.56 Å². The van der Waals surface area contributed by atoms with Crippen molar-refractivity contribution in [1.82, 2.24) is 9.88 Å².